The van der Waals surface area contributed by atoms with Crippen molar-refractivity contribution < 1.29 is 18.6 Å². The molecule has 0 amide bonds. The molecule has 0 bridgehead atoms. The van der Waals surface area contributed by atoms with Crippen molar-refractivity contribution in [3.8, 4) is 11.5 Å². The van der Waals surface area contributed by atoms with Crippen molar-refractivity contribution in [2.45, 2.75) is 32.5 Å². The number of rotatable bonds is 8. The molecule has 0 spiro atoms. The number of aromatic nitrogens is 3. The van der Waals surface area contributed by atoms with E-state index in [1.54, 1.807) is 35.2 Å². The monoisotopic (exact) mass is 442 g/mol. The highest BCUT2D eigenvalue weighted by atomic mass is 32.1. The van der Waals surface area contributed by atoms with Gasteiger partial charge < -0.3 is 14.2 Å². The molecule has 0 aliphatic carbocycles. The van der Waals surface area contributed by atoms with Crippen molar-refractivity contribution in [2.24, 2.45) is 5.10 Å². The Morgan fingerprint density at radius 1 is 1.29 bits per heavy atom. The third-order valence-corrected chi connectivity index (χ3v) is 5.09. The molecule has 9 heteroatoms. The number of nitrogens with one attached hydrogen (secondary N) is 1. The van der Waals surface area contributed by atoms with E-state index in [9.17, 15) is 4.39 Å². The summed E-state index contributed by atoms with van der Waals surface area (Å²) >= 11 is 5.30. The number of hydrogen-bond donors (Lipinski definition) is 1. The van der Waals surface area contributed by atoms with Crippen LogP contribution in [0.25, 0.3) is 0 Å². The van der Waals surface area contributed by atoms with Gasteiger partial charge in [-0.2, -0.15) is 14.9 Å². The van der Waals surface area contributed by atoms with Crippen molar-refractivity contribution >= 4 is 18.4 Å². The summed E-state index contributed by atoms with van der Waals surface area (Å²) in [5, 5.41) is 11.5. The van der Waals surface area contributed by atoms with Gasteiger partial charge in [-0.1, -0.05) is 18.2 Å². The summed E-state index contributed by atoms with van der Waals surface area (Å²) in [7, 11) is 0. The van der Waals surface area contributed by atoms with Crippen LogP contribution in [0.3, 0.4) is 0 Å². The SMILES string of the molecule is CCOc1cc(/C=N\n2c(C3CCCO3)n[nH]c2=S)ccc1OCc1ccccc1F. The maximum Gasteiger partial charge on any atom is 0.216 e. The van der Waals surface area contributed by atoms with Crippen LogP contribution in [-0.4, -0.2) is 34.3 Å². The van der Waals surface area contributed by atoms with Crippen LogP contribution < -0.4 is 9.47 Å². The number of halogens is 1. The number of benzene rings is 2. The molecule has 1 saturated heterocycles. The number of ether oxygens (including phenoxy) is 3. The van der Waals surface area contributed by atoms with Gasteiger partial charge in [-0.05, 0) is 61.8 Å². The summed E-state index contributed by atoms with van der Waals surface area (Å²) < 4.78 is 33.1. The highest BCUT2D eigenvalue weighted by Gasteiger charge is 2.23. The number of aromatic amines is 1. The Balaban J connectivity index is 1.53. The first kappa shape index (κ1) is 21.2. The Kier molecular flexibility index (Phi) is 6.73. The first-order valence-electron chi connectivity index (χ1n) is 10.1. The van der Waals surface area contributed by atoms with Crippen LogP contribution in [0.1, 0.15) is 42.8 Å². The molecule has 3 aromatic rings. The summed E-state index contributed by atoms with van der Waals surface area (Å²) in [6.07, 6.45) is 3.43. The fraction of sp³-hybridized carbons (Fsp3) is 0.318. The molecule has 2 heterocycles. The molecule has 7 nitrogen and oxygen atoms in total. The van der Waals surface area contributed by atoms with Crippen LogP contribution in [0.2, 0.25) is 0 Å². The van der Waals surface area contributed by atoms with Gasteiger partial charge in [0, 0.05) is 12.2 Å². The van der Waals surface area contributed by atoms with Gasteiger partial charge >= 0.3 is 0 Å². The number of hydrogen-bond acceptors (Lipinski definition) is 6. The lowest BCUT2D eigenvalue weighted by Crippen LogP contribution is -2.05. The average molecular weight is 443 g/mol. The third kappa shape index (κ3) is 5.00. The highest BCUT2D eigenvalue weighted by Crippen LogP contribution is 2.30. The molecule has 0 radical (unpaired) electrons. The van der Waals surface area contributed by atoms with Crippen LogP contribution in [-0.2, 0) is 11.3 Å². The first-order valence-corrected chi connectivity index (χ1v) is 10.5. The van der Waals surface area contributed by atoms with E-state index in [1.807, 2.05) is 19.1 Å². The van der Waals surface area contributed by atoms with E-state index in [0.717, 1.165) is 18.4 Å². The van der Waals surface area contributed by atoms with Crippen LogP contribution >= 0.6 is 12.2 Å². The van der Waals surface area contributed by atoms with Crippen molar-refractivity contribution in [1.82, 2.24) is 14.9 Å². The van der Waals surface area contributed by atoms with E-state index in [0.29, 0.717) is 40.9 Å². The van der Waals surface area contributed by atoms with Gasteiger partial charge in [0.1, 0.15) is 18.5 Å². The zero-order valence-electron chi connectivity index (χ0n) is 17.1. The van der Waals surface area contributed by atoms with E-state index >= 15 is 0 Å². The van der Waals surface area contributed by atoms with Gasteiger partial charge in [0.05, 0.1) is 12.8 Å². The summed E-state index contributed by atoms with van der Waals surface area (Å²) in [5.41, 5.74) is 1.27. The topological polar surface area (TPSA) is 73.7 Å². The molecule has 2 aromatic carbocycles. The van der Waals surface area contributed by atoms with E-state index in [2.05, 4.69) is 15.3 Å². The van der Waals surface area contributed by atoms with Gasteiger partial charge in [-0.15, -0.1) is 0 Å². The number of H-pyrrole nitrogens is 1. The Morgan fingerprint density at radius 3 is 2.94 bits per heavy atom. The molecule has 1 unspecified atom stereocenters. The molecule has 1 aromatic heterocycles. The van der Waals surface area contributed by atoms with Gasteiger partial charge in [0.15, 0.2) is 17.3 Å². The molecule has 31 heavy (non-hydrogen) atoms. The maximum absolute atomic E-state index is 13.9. The molecule has 1 aliphatic rings. The molecule has 4 rings (SSSR count). The van der Waals surface area contributed by atoms with Crippen LogP contribution in [0.5, 0.6) is 11.5 Å². The summed E-state index contributed by atoms with van der Waals surface area (Å²) in [4.78, 5) is 0. The molecule has 1 N–H and O–H groups in total. The average Bonchev–Trinajstić information content (AvgIpc) is 3.42. The van der Waals surface area contributed by atoms with E-state index in [-0.39, 0.29) is 18.5 Å². The van der Waals surface area contributed by atoms with Gasteiger partial charge in [0.25, 0.3) is 0 Å². The smallest absolute Gasteiger partial charge is 0.216 e. The summed E-state index contributed by atoms with van der Waals surface area (Å²) in [6.45, 7) is 3.17. The van der Waals surface area contributed by atoms with E-state index in [1.165, 1.54) is 6.07 Å². The zero-order valence-corrected chi connectivity index (χ0v) is 17.9. The standard InChI is InChI=1S/C22H23FN4O3S/c1-2-28-20-12-15(9-10-18(20)30-14-16-6-3-4-7-17(16)23)13-24-27-21(25-26-22(27)31)19-8-5-11-29-19/h3-4,6-7,9-10,12-13,19H,2,5,8,11,14H2,1H3,(H,26,31)/b24-13-. The highest BCUT2D eigenvalue weighted by molar-refractivity contribution is 7.71. The summed E-state index contributed by atoms with van der Waals surface area (Å²) in [6, 6.07) is 12.0. The second kappa shape index (κ2) is 9.84. The zero-order chi connectivity index (χ0) is 21.6. The van der Waals surface area contributed by atoms with Gasteiger partial charge in [-0.25, -0.2) is 4.39 Å². The maximum atomic E-state index is 13.9. The minimum Gasteiger partial charge on any atom is -0.490 e. The van der Waals surface area contributed by atoms with Crippen molar-refractivity contribution in [2.75, 3.05) is 13.2 Å². The Morgan fingerprint density at radius 2 is 2.16 bits per heavy atom. The quantitative estimate of drug-likeness (QED) is 0.401. The molecular formula is C22H23FN4O3S. The predicted molar refractivity (Wildman–Crippen MR) is 117 cm³/mol. The van der Waals surface area contributed by atoms with Crippen molar-refractivity contribution in [3.05, 3.63) is 70.0 Å². The lowest BCUT2D eigenvalue weighted by Gasteiger charge is -2.13. The molecule has 0 saturated carbocycles. The van der Waals surface area contributed by atoms with Crippen LogP contribution in [0.4, 0.5) is 4.39 Å². The largest absolute Gasteiger partial charge is 0.490 e. The fourth-order valence-electron chi connectivity index (χ4n) is 3.29. The van der Waals surface area contributed by atoms with E-state index < -0.39 is 0 Å². The molecule has 1 atom stereocenters. The van der Waals surface area contributed by atoms with Gasteiger partial charge in [0.2, 0.25) is 4.77 Å². The Hall–Kier alpha value is -3.04. The molecule has 162 valence electrons. The summed E-state index contributed by atoms with van der Waals surface area (Å²) in [5.74, 6) is 1.44. The number of nitrogens with zero attached hydrogens (tertiary/aromatic N) is 3. The minimum atomic E-state index is -0.303. The predicted octanol–water partition coefficient (Wildman–Crippen LogP) is 4.79. The Bertz CT molecular complexity index is 1120. The Labute approximate surface area is 184 Å². The van der Waals surface area contributed by atoms with E-state index in [4.69, 9.17) is 26.4 Å². The van der Waals surface area contributed by atoms with Gasteiger partial charge in [-0.3, -0.25) is 5.10 Å². The lowest BCUT2D eigenvalue weighted by molar-refractivity contribution is 0.102. The second-order valence-electron chi connectivity index (χ2n) is 6.96. The second-order valence-corrected chi connectivity index (χ2v) is 7.35. The molecular weight excluding hydrogens is 419 g/mol. The lowest BCUT2D eigenvalue weighted by atomic mass is 10.2. The van der Waals surface area contributed by atoms with Crippen molar-refractivity contribution in [1.29, 1.82) is 0 Å². The third-order valence-electron chi connectivity index (χ3n) is 4.82. The molecule has 1 aliphatic heterocycles. The minimum absolute atomic E-state index is 0.106. The van der Waals surface area contributed by atoms with Crippen molar-refractivity contribution in [3.63, 3.8) is 0 Å². The normalized spacial score (nSPS) is 16.1. The first-order chi connectivity index (χ1) is 15.2. The van der Waals surface area contributed by atoms with Crippen LogP contribution in [0, 0.1) is 10.6 Å². The molecule has 1 fully saturated rings. The fourth-order valence-corrected chi connectivity index (χ4v) is 3.48. The van der Waals surface area contributed by atoms with Crippen LogP contribution in [0.15, 0.2) is 47.6 Å².